The molecule has 0 radical (unpaired) electrons. The number of hydrogen-bond donors (Lipinski definition) is 3. The van der Waals surface area contributed by atoms with Gasteiger partial charge in [-0.15, -0.1) is 0 Å². The average Bonchev–Trinajstić information content (AvgIpc) is 3.43. The predicted octanol–water partition coefficient (Wildman–Crippen LogP) is 17.6. The van der Waals surface area contributed by atoms with E-state index in [9.17, 15) is 19.2 Å². The van der Waals surface area contributed by atoms with Crippen molar-refractivity contribution in [3.8, 4) is 0 Å². The zero-order valence-electron chi connectivity index (χ0n) is 43.3. The van der Waals surface area contributed by atoms with Crippen LogP contribution in [0.25, 0.3) is 66.2 Å². The maximum atomic E-state index is 12.6. The summed E-state index contributed by atoms with van der Waals surface area (Å²) in [6, 6.07) is 40.2. The Labute approximate surface area is 522 Å². The van der Waals surface area contributed by atoms with Crippen LogP contribution in [0.3, 0.4) is 0 Å². The number of rotatable bonds is 20. The van der Waals surface area contributed by atoms with E-state index in [1.54, 1.807) is 0 Å². The molecule has 411 valence electrons. The molecule has 0 saturated heterocycles. The quantitative estimate of drug-likeness (QED) is 0.0125. The molecule has 0 saturated carbocycles. The summed E-state index contributed by atoms with van der Waals surface area (Å²) in [6.45, 7) is 0. The van der Waals surface area contributed by atoms with Gasteiger partial charge in [0.1, 0.15) is 16.6 Å². The van der Waals surface area contributed by atoms with Crippen molar-refractivity contribution in [3.05, 3.63) is 135 Å². The minimum absolute atomic E-state index is 0. The number of amides is 2. The summed E-state index contributed by atoms with van der Waals surface area (Å²) < 4.78 is 1.19. The molecule has 3 aromatic heterocycles. The molecule has 0 fully saturated rings. The fraction of sp³-hybridized carbons (Fsp3) is 0.293. The van der Waals surface area contributed by atoms with Gasteiger partial charge in [0.05, 0.1) is 69.1 Å². The SMILES string of the molecule is ICI.Nc1cccc2nc3ccccc3nc12.O=C(CCCCCCCCC(=O)Nc1cccc2nc3ccccc3nc12)Nc1cccc2nc3ccccc3nc12.O=C(Cl)CCCCCCCCC(=O)Cl.[CH3-].[I][V][I]. The molecule has 9 rings (SSSR count). The molecule has 9 aromatic rings. The molecule has 0 aliphatic heterocycles. The first-order valence-corrected chi connectivity index (χ1v) is 38.0. The number of nitrogen functional groups attached to an aromatic ring is 1. The number of hydrogen-bond acceptors (Lipinski definition) is 11. The van der Waals surface area contributed by atoms with Crippen LogP contribution in [0, 0.1) is 7.43 Å². The molecular formula is C58H62Cl2I4N9O4V-. The van der Waals surface area contributed by atoms with Crippen molar-refractivity contribution in [3.63, 3.8) is 0 Å². The van der Waals surface area contributed by atoms with Gasteiger partial charge in [0, 0.05) is 25.7 Å². The molecular weight excluding hydrogens is 1520 g/mol. The molecule has 78 heavy (non-hydrogen) atoms. The Morgan fingerprint density at radius 2 is 0.654 bits per heavy atom. The van der Waals surface area contributed by atoms with E-state index in [1.165, 1.54) is 2.43 Å². The van der Waals surface area contributed by atoms with Gasteiger partial charge in [-0.05, 0) is 122 Å². The molecule has 0 aliphatic rings. The van der Waals surface area contributed by atoms with Crippen LogP contribution in [0.2, 0.25) is 0 Å². The summed E-state index contributed by atoms with van der Waals surface area (Å²) in [6.07, 6.45) is 13.5. The number of halogens is 6. The van der Waals surface area contributed by atoms with E-state index in [2.05, 4.69) is 116 Å². The van der Waals surface area contributed by atoms with Crippen LogP contribution in [0.4, 0.5) is 17.1 Å². The van der Waals surface area contributed by atoms with Gasteiger partial charge in [0.15, 0.2) is 0 Å². The third-order valence-corrected chi connectivity index (χ3v) is 12.1. The zero-order valence-corrected chi connectivity index (χ0v) is 54.8. The molecule has 0 aliphatic carbocycles. The number of nitrogens with zero attached hydrogens (tertiary/aromatic N) is 6. The van der Waals surface area contributed by atoms with E-state index in [4.69, 9.17) is 38.9 Å². The summed E-state index contributed by atoms with van der Waals surface area (Å²) in [5, 5.41) is 5.53. The molecule has 3 heterocycles. The summed E-state index contributed by atoms with van der Waals surface area (Å²) in [5.41, 5.74) is 17.5. The average molecular weight is 1580 g/mol. The number of alkyl halides is 2. The van der Waals surface area contributed by atoms with Gasteiger partial charge < -0.3 is 23.8 Å². The number of fused-ring (bicyclic) bond motifs is 6. The van der Waals surface area contributed by atoms with Crippen molar-refractivity contribution in [1.82, 2.24) is 29.9 Å². The number of carbonyl (C=O) groups is 4. The Hall–Kier alpha value is -3.72. The van der Waals surface area contributed by atoms with E-state index in [0.29, 0.717) is 63.2 Å². The Morgan fingerprint density at radius 3 is 0.987 bits per heavy atom. The zero-order chi connectivity index (χ0) is 55.2. The second-order valence-electron chi connectivity index (χ2n) is 17.4. The van der Waals surface area contributed by atoms with Gasteiger partial charge in [-0.2, -0.15) is 0 Å². The first kappa shape index (κ1) is 66.8. The van der Waals surface area contributed by atoms with Crippen LogP contribution in [0.1, 0.15) is 103 Å². The number of anilines is 3. The van der Waals surface area contributed by atoms with E-state index < -0.39 is 0 Å². The van der Waals surface area contributed by atoms with Crippen LogP contribution >= 0.6 is 108 Å². The number of aromatic nitrogens is 6. The third kappa shape index (κ3) is 23.4. The molecule has 6 aromatic carbocycles. The van der Waals surface area contributed by atoms with Gasteiger partial charge in [0.25, 0.3) is 0 Å². The Bertz CT molecular complexity index is 3190. The summed E-state index contributed by atoms with van der Waals surface area (Å²) in [7, 11) is 0.628. The van der Waals surface area contributed by atoms with E-state index in [1.807, 2.05) is 127 Å². The fourth-order valence-corrected chi connectivity index (χ4v) is 8.36. The van der Waals surface area contributed by atoms with E-state index in [0.717, 1.165) is 132 Å². The number of unbranched alkanes of at least 4 members (excludes halogenated alkanes) is 10. The van der Waals surface area contributed by atoms with Crippen LogP contribution in [-0.4, -0.2) is 54.6 Å². The van der Waals surface area contributed by atoms with Crippen LogP contribution in [0.5, 0.6) is 0 Å². The summed E-state index contributed by atoms with van der Waals surface area (Å²) in [4.78, 5) is 73.7. The number of carbonyl (C=O) groups excluding carboxylic acids is 4. The molecule has 4 N–H and O–H groups in total. The summed E-state index contributed by atoms with van der Waals surface area (Å²) >= 11 is 19.7. The standard InChI is InChI=1S/C34H32N6O2.C12H9N3.C10H16Cl2O2.CH2I2.CH3.2HI.V/c41-31(37-29-19-11-17-27-33(29)39-25-15-9-7-13-23(25)35-27)21-5-3-1-2-4-6-22-32(42)38-30-20-12-18-28-34(30)40-26-16-10-8-14-24(26)36-28;13-8-4-3-7-11-12(8)15-10-6-2-1-5-9(10)14-11;11-9(13)7-5-3-1-2-4-6-8-10(12)14;2-1-3;;;;/h7-20H,1-6,21-22H2,(H,37,41)(H,38,42);1-7H,13H2;1-8H2;1H2;1H3;2*1H;/q;;;;-1;;;+2/p-2. The second-order valence-corrected chi connectivity index (χ2v) is 34.5. The van der Waals surface area contributed by atoms with E-state index >= 15 is 0 Å². The number of nitrogens with one attached hydrogen (secondary N) is 2. The van der Waals surface area contributed by atoms with Crippen LogP contribution in [0.15, 0.2) is 127 Å². The fourth-order valence-electron chi connectivity index (χ4n) is 8.09. The third-order valence-electron chi connectivity index (χ3n) is 11.7. The van der Waals surface area contributed by atoms with Gasteiger partial charge >= 0.3 is 49.4 Å². The van der Waals surface area contributed by atoms with Crippen molar-refractivity contribution in [2.24, 2.45) is 0 Å². The molecule has 0 atom stereocenters. The Kier molecular flexibility index (Phi) is 32.6. The van der Waals surface area contributed by atoms with Crippen LogP contribution in [-0.2, 0) is 28.6 Å². The molecule has 2 amide bonds. The second kappa shape index (κ2) is 38.1. The first-order chi connectivity index (χ1) is 37.4. The number of benzene rings is 6. The van der Waals surface area contributed by atoms with E-state index in [-0.39, 0.29) is 29.7 Å². The minimum atomic E-state index is -0.252. The Balaban J connectivity index is 0.000000297. The van der Waals surface area contributed by atoms with Crippen molar-refractivity contribution in [1.29, 1.82) is 0 Å². The van der Waals surface area contributed by atoms with Gasteiger partial charge in [-0.25, -0.2) is 29.9 Å². The monoisotopic (exact) mass is 1580 g/mol. The number of nitrogens with two attached hydrogens (primary N) is 1. The first-order valence-electron chi connectivity index (χ1n) is 25.2. The van der Waals surface area contributed by atoms with Gasteiger partial charge in [-0.3, -0.25) is 19.2 Å². The molecule has 13 nitrogen and oxygen atoms in total. The summed E-state index contributed by atoms with van der Waals surface area (Å²) in [5.74, 6) is -0.0273. The van der Waals surface area contributed by atoms with Crippen molar-refractivity contribution in [2.75, 3.05) is 18.8 Å². The van der Waals surface area contributed by atoms with Gasteiger partial charge in [0.2, 0.25) is 22.3 Å². The molecule has 20 heteroatoms. The van der Waals surface area contributed by atoms with Crippen molar-refractivity contribution in [2.45, 2.75) is 103 Å². The Morgan fingerprint density at radius 1 is 0.397 bits per heavy atom. The van der Waals surface area contributed by atoms with Gasteiger partial charge in [-0.1, -0.05) is 151 Å². The predicted molar refractivity (Wildman–Crippen MR) is 356 cm³/mol. The topological polar surface area (TPSA) is 196 Å². The normalized spacial score (nSPS) is 10.4. The maximum absolute atomic E-state index is 12.6. The van der Waals surface area contributed by atoms with Crippen molar-refractivity contribution < 1.29 is 28.6 Å². The molecule has 0 unspecified atom stereocenters. The number of para-hydroxylation sites is 9. The van der Waals surface area contributed by atoms with Crippen LogP contribution < -0.4 is 16.4 Å². The molecule has 0 bridgehead atoms. The van der Waals surface area contributed by atoms with Crippen molar-refractivity contribution >= 4 is 214 Å². The molecule has 0 spiro atoms.